The Morgan fingerprint density at radius 3 is 2.58 bits per heavy atom. The van der Waals surface area contributed by atoms with Gasteiger partial charge in [0.1, 0.15) is 17.9 Å². The van der Waals surface area contributed by atoms with Gasteiger partial charge in [-0.3, -0.25) is 0 Å². The normalized spacial score (nSPS) is 13.5. The number of hydrogen-bond donors (Lipinski definition) is 2. The molecule has 26 heavy (non-hydrogen) atoms. The second-order valence-electron chi connectivity index (χ2n) is 5.41. The number of anilines is 1. The highest BCUT2D eigenvalue weighted by Gasteiger charge is 2.32. The summed E-state index contributed by atoms with van der Waals surface area (Å²) in [6.45, 7) is 1.86. The van der Waals surface area contributed by atoms with Crippen molar-refractivity contribution in [3.63, 3.8) is 0 Å². The molecule has 2 aromatic rings. The van der Waals surface area contributed by atoms with Crippen molar-refractivity contribution in [3.05, 3.63) is 47.4 Å². The van der Waals surface area contributed by atoms with E-state index in [1.54, 1.807) is 12.1 Å². The molecule has 0 bridgehead atoms. The molecule has 0 saturated heterocycles. The Labute approximate surface area is 161 Å². The molecule has 0 atom stereocenters. The molecule has 0 radical (unpaired) electrons. The summed E-state index contributed by atoms with van der Waals surface area (Å²) < 4.78 is 41.5. The quantitative estimate of drug-likeness (QED) is 0.807. The molecular weight excluding hydrogens is 392 g/mol. The van der Waals surface area contributed by atoms with Gasteiger partial charge in [-0.15, -0.1) is 38.0 Å². The minimum Gasteiger partial charge on any atom is -0.405 e. The molecule has 0 unspecified atom stereocenters. The molecule has 0 fully saturated rings. The maximum Gasteiger partial charge on any atom is 0.573 e. The number of nitrogens with one attached hydrogen (secondary N) is 2. The van der Waals surface area contributed by atoms with Gasteiger partial charge in [-0.05, 0) is 19.0 Å². The number of nitrogens with zero attached hydrogens (tertiary/aromatic N) is 2. The number of hydrogen-bond acceptors (Lipinski definition) is 5. The summed E-state index contributed by atoms with van der Waals surface area (Å²) in [5, 5.41) is 6.41. The summed E-state index contributed by atoms with van der Waals surface area (Å²) in [7, 11) is 0. The first-order valence-corrected chi connectivity index (χ1v) is 7.64. The average Bonchev–Trinajstić information content (AvgIpc) is 2.78. The third-order valence-electron chi connectivity index (χ3n) is 3.77. The van der Waals surface area contributed by atoms with E-state index in [9.17, 15) is 13.2 Å². The number of rotatable bonds is 4. The minimum atomic E-state index is -4.71. The summed E-state index contributed by atoms with van der Waals surface area (Å²) in [4.78, 5) is 8.54. The molecule has 0 aliphatic carbocycles. The number of halogens is 5. The standard InChI is InChI=1S/C16H17F3N4O.2ClH/c17-16(18,19)24-14-4-2-1-3-11(14)9-21-15-12-5-7-20-8-6-13(12)22-10-23-15;;/h1-4,10,20H,5-9H2,(H,21,22,23);2*1H. The lowest BCUT2D eigenvalue weighted by Gasteiger charge is -2.15. The Hall–Kier alpha value is -1.77. The monoisotopic (exact) mass is 410 g/mol. The maximum absolute atomic E-state index is 12.5. The van der Waals surface area contributed by atoms with Crippen molar-refractivity contribution in [1.82, 2.24) is 15.3 Å². The molecule has 0 amide bonds. The minimum absolute atomic E-state index is 0. The van der Waals surface area contributed by atoms with Crippen LogP contribution in [0.5, 0.6) is 5.75 Å². The molecule has 1 aliphatic heterocycles. The number of alkyl halides is 3. The fourth-order valence-corrected chi connectivity index (χ4v) is 2.68. The fourth-order valence-electron chi connectivity index (χ4n) is 2.68. The van der Waals surface area contributed by atoms with Crippen molar-refractivity contribution in [2.75, 3.05) is 18.4 Å². The molecular formula is C16H19Cl2F3N4O. The number of aromatic nitrogens is 2. The van der Waals surface area contributed by atoms with Crippen molar-refractivity contribution in [3.8, 4) is 5.75 Å². The van der Waals surface area contributed by atoms with E-state index in [1.165, 1.54) is 18.5 Å². The van der Waals surface area contributed by atoms with Gasteiger partial charge in [0.2, 0.25) is 0 Å². The van der Waals surface area contributed by atoms with Crippen molar-refractivity contribution >= 4 is 30.6 Å². The van der Waals surface area contributed by atoms with Crippen LogP contribution >= 0.6 is 24.8 Å². The zero-order valence-electron chi connectivity index (χ0n) is 13.7. The van der Waals surface area contributed by atoms with Crippen LogP contribution in [0.3, 0.4) is 0 Å². The average molecular weight is 411 g/mol. The van der Waals surface area contributed by atoms with Crippen LogP contribution in [-0.4, -0.2) is 29.4 Å². The van der Waals surface area contributed by atoms with Gasteiger partial charge in [0, 0.05) is 30.6 Å². The third-order valence-corrected chi connectivity index (χ3v) is 3.77. The van der Waals surface area contributed by atoms with E-state index in [2.05, 4.69) is 25.3 Å². The molecule has 10 heteroatoms. The summed E-state index contributed by atoms with van der Waals surface area (Å²) >= 11 is 0. The Morgan fingerprint density at radius 1 is 1.08 bits per heavy atom. The lowest BCUT2D eigenvalue weighted by atomic mass is 10.1. The SMILES string of the molecule is Cl.Cl.FC(F)(F)Oc1ccccc1CNc1ncnc2c1CCNCC2. The van der Waals surface area contributed by atoms with E-state index in [4.69, 9.17) is 0 Å². The van der Waals surface area contributed by atoms with Gasteiger partial charge >= 0.3 is 6.36 Å². The van der Waals surface area contributed by atoms with Crippen molar-refractivity contribution in [2.24, 2.45) is 0 Å². The van der Waals surface area contributed by atoms with E-state index in [0.29, 0.717) is 11.4 Å². The largest absolute Gasteiger partial charge is 0.573 e. The molecule has 5 nitrogen and oxygen atoms in total. The van der Waals surface area contributed by atoms with Gasteiger partial charge < -0.3 is 15.4 Å². The van der Waals surface area contributed by atoms with Gasteiger partial charge in [-0.1, -0.05) is 18.2 Å². The highest BCUT2D eigenvalue weighted by molar-refractivity contribution is 5.85. The molecule has 1 aromatic heterocycles. The lowest BCUT2D eigenvalue weighted by molar-refractivity contribution is -0.274. The van der Waals surface area contributed by atoms with E-state index >= 15 is 0 Å². The van der Waals surface area contributed by atoms with Crippen LogP contribution in [-0.2, 0) is 19.4 Å². The van der Waals surface area contributed by atoms with Crippen LogP contribution in [0.1, 0.15) is 16.8 Å². The third kappa shape index (κ3) is 5.89. The number of fused-ring (bicyclic) bond motifs is 1. The van der Waals surface area contributed by atoms with Crippen LogP contribution in [0.25, 0.3) is 0 Å². The molecule has 1 aliphatic rings. The lowest BCUT2D eigenvalue weighted by Crippen LogP contribution is -2.19. The summed E-state index contributed by atoms with van der Waals surface area (Å²) in [6.07, 6.45) is -1.65. The smallest absolute Gasteiger partial charge is 0.405 e. The van der Waals surface area contributed by atoms with Crippen molar-refractivity contribution in [1.29, 1.82) is 0 Å². The van der Waals surface area contributed by atoms with Gasteiger partial charge in [0.25, 0.3) is 0 Å². The van der Waals surface area contributed by atoms with E-state index in [-0.39, 0.29) is 37.1 Å². The summed E-state index contributed by atoms with van der Waals surface area (Å²) in [6, 6.07) is 6.07. The van der Waals surface area contributed by atoms with Crippen LogP contribution in [0, 0.1) is 0 Å². The Balaban J connectivity index is 0.00000169. The second-order valence-corrected chi connectivity index (χ2v) is 5.41. The van der Waals surface area contributed by atoms with Gasteiger partial charge in [-0.2, -0.15) is 0 Å². The first kappa shape index (κ1) is 22.3. The van der Waals surface area contributed by atoms with Gasteiger partial charge in [0.15, 0.2) is 0 Å². The Bertz CT molecular complexity index is 716. The molecule has 0 saturated carbocycles. The fraction of sp³-hybridized carbons (Fsp3) is 0.375. The zero-order valence-corrected chi connectivity index (χ0v) is 15.3. The second kappa shape index (κ2) is 9.80. The van der Waals surface area contributed by atoms with E-state index in [1.807, 2.05) is 0 Å². The van der Waals surface area contributed by atoms with Gasteiger partial charge in [-0.25, -0.2) is 9.97 Å². The predicted octanol–water partition coefficient (Wildman–Crippen LogP) is 3.52. The number of benzene rings is 1. The molecule has 144 valence electrons. The maximum atomic E-state index is 12.5. The van der Waals surface area contributed by atoms with Crippen LogP contribution in [0.15, 0.2) is 30.6 Å². The first-order chi connectivity index (χ1) is 11.5. The Morgan fingerprint density at radius 2 is 1.81 bits per heavy atom. The van der Waals surface area contributed by atoms with E-state index < -0.39 is 6.36 Å². The Kier molecular flexibility index (Phi) is 8.39. The number of ether oxygens (including phenoxy) is 1. The molecule has 0 spiro atoms. The zero-order chi connectivity index (χ0) is 17.0. The van der Waals surface area contributed by atoms with Crippen LogP contribution in [0.2, 0.25) is 0 Å². The molecule has 2 N–H and O–H groups in total. The van der Waals surface area contributed by atoms with E-state index in [0.717, 1.165) is 37.2 Å². The van der Waals surface area contributed by atoms with Crippen LogP contribution < -0.4 is 15.4 Å². The highest BCUT2D eigenvalue weighted by Crippen LogP contribution is 2.27. The van der Waals surface area contributed by atoms with Crippen LogP contribution in [0.4, 0.5) is 19.0 Å². The summed E-state index contributed by atoms with van der Waals surface area (Å²) in [5.74, 6) is 0.449. The number of para-hydroxylation sites is 1. The van der Waals surface area contributed by atoms with Crippen molar-refractivity contribution < 1.29 is 17.9 Å². The van der Waals surface area contributed by atoms with Gasteiger partial charge in [0.05, 0.1) is 5.69 Å². The predicted molar refractivity (Wildman–Crippen MR) is 97.3 cm³/mol. The molecule has 1 aromatic carbocycles. The molecule has 2 heterocycles. The topological polar surface area (TPSA) is 59.1 Å². The highest BCUT2D eigenvalue weighted by atomic mass is 35.5. The van der Waals surface area contributed by atoms with Crippen molar-refractivity contribution in [2.45, 2.75) is 25.7 Å². The summed E-state index contributed by atoms with van der Waals surface area (Å²) in [5.41, 5.74) is 2.39. The molecule has 3 rings (SSSR count). The first-order valence-electron chi connectivity index (χ1n) is 7.64.